The molecule has 1 heterocycles. The maximum atomic E-state index is 13.8. The zero-order valence-corrected chi connectivity index (χ0v) is 12.2. The first-order chi connectivity index (χ1) is 9.67. The lowest BCUT2D eigenvalue weighted by molar-refractivity contribution is 0.561. The first-order valence-electron chi connectivity index (χ1n) is 6.71. The summed E-state index contributed by atoms with van der Waals surface area (Å²) in [7, 11) is 0. The second-order valence-corrected chi connectivity index (χ2v) is 5.06. The number of halogens is 2. The van der Waals surface area contributed by atoms with Gasteiger partial charge in [-0.3, -0.25) is 0 Å². The number of unbranched alkanes of at least 4 members (excludes halogenated alkanes) is 1. The van der Waals surface area contributed by atoms with Crippen molar-refractivity contribution in [3.8, 4) is 0 Å². The average Bonchev–Trinajstić information content (AvgIpc) is 2.82. The van der Waals surface area contributed by atoms with E-state index in [4.69, 9.17) is 17.3 Å². The van der Waals surface area contributed by atoms with Crippen molar-refractivity contribution in [3.63, 3.8) is 0 Å². The molecule has 1 aromatic heterocycles. The van der Waals surface area contributed by atoms with Gasteiger partial charge in [-0.2, -0.15) is 0 Å². The summed E-state index contributed by atoms with van der Waals surface area (Å²) >= 11 is 6.05. The van der Waals surface area contributed by atoms with Crippen molar-refractivity contribution >= 4 is 11.6 Å². The Morgan fingerprint density at radius 1 is 1.40 bits per heavy atom. The molecule has 0 spiro atoms. The molecule has 0 unspecified atom stereocenters. The highest BCUT2D eigenvalue weighted by atomic mass is 35.5. The third-order valence-electron chi connectivity index (χ3n) is 3.25. The molecule has 0 bridgehead atoms. The van der Waals surface area contributed by atoms with Gasteiger partial charge in [-0.15, -0.1) is 5.10 Å². The number of nitrogens with zero attached hydrogens (tertiary/aromatic N) is 3. The standard InChI is InChI=1S/C14H18ClFN4/c1-2-3-7-14-13(8-17)18-19-20(14)9-10-11(15)5-4-6-12(10)16/h4-6H,2-3,7-9,17H2,1H3. The normalized spacial score (nSPS) is 11.0. The summed E-state index contributed by atoms with van der Waals surface area (Å²) < 4.78 is 15.5. The molecule has 2 N–H and O–H groups in total. The highest BCUT2D eigenvalue weighted by Gasteiger charge is 2.14. The van der Waals surface area contributed by atoms with E-state index >= 15 is 0 Å². The van der Waals surface area contributed by atoms with E-state index in [1.165, 1.54) is 6.07 Å². The molecular weight excluding hydrogens is 279 g/mol. The lowest BCUT2D eigenvalue weighted by Crippen LogP contribution is -2.10. The Bertz CT molecular complexity index is 562. The SMILES string of the molecule is CCCCc1c(CN)nnn1Cc1c(F)cccc1Cl. The van der Waals surface area contributed by atoms with E-state index < -0.39 is 0 Å². The van der Waals surface area contributed by atoms with Crippen LogP contribution in [0.15, 0.2) is 18.2 Å². The largest absolute Gasteiger partial charge is 0.325 e. The third-order valence-corrected chi connectivity index (χ3v) is 3.60. The summed E-state index contributed by atoms with van der Waals surface area (Å²) in [6.07, 6.45) is 2.92. The van der Waals surface area contributed by atoms with Crippen molar-refractivity contribution in [2.45, 2.75) is 39.3 Å². The predicted octanol–water partition coefficient (Wildman–Crippen LogP) is 2.92. The molecule has 0 aliphatic heterocycles. The first-order valence-corrected chi connectivity index (χ1v) is 7.09. The van der Waals surface area contributed by atoms with Crippen molar-refractivity contribution in [2.24, 2.45) is 5.73 Å². The van der Waals surface area contributed by atoms with Gasteiger partial charge in [0.1, 0.15) is 5.82 Å². The Morgan fingerprint density at radius 2 is 2.20 bits per heavy atom. The van der Waals surface area contributed by atoms with Crippen LogP contribution in [0, 0.1) is 5.82 Å². The van der Waals surface area contributed by atoms with Crippen LogP contribution in [0.4, 0.5) is 4.39 Å². The van der Waals surface area contributed by atoms with E-state index in [-0.39, 0.29) is 12.4 Å². The van der Waals surface area contributed by atoms with Gasteiger partial charge in [-0.1, -0.05) is 36.2 Å². The number of hydrogen-bond donors (Lipinski definition) is 1. The van der Waals surface area contributed by atoms with Gasteiger partial charge in [0.2, 0.25) is 0 Å². The van der Waals surface area contributed by atoms with Gasteiger partial charge in [0.15, 0.2) is 0 Å². The molecule has 0 atom stereocenters. The zero-order valence-electron chi connectivity index (χ0n) is 11.4. The quantitative estimate of drug-likeness (QED) is 0.891. The van der Waals surface area contributed by atoms with Crippen LogP contribution >= 0.6 is 11.6 Å². The second kappa shape index (κ2) is 6.81. The molecule has 0 fully saturated rings. The predicted molar refractivity (Wildman–Crippen MR) is 77.0 cm³/mol. The maximum Gasteiger partial charge on any atom is 0.129 e. The minimum absolute atomic E-state index is 0.275. The lowest BCUT2D eigenvalue weighted by atomic mass is 10.1. The molecule has 0 saturated heterocycles. The number of hydrogen-bond acceptors (Lipinski definition) is 3. The van der Waals surface area contributed by atoms with Gasteiger partial charge < -0.3 is 5.73 Å². The summed E-state index contributed by atoms with van der Waals surface area (Å²) in [4.78, 5) is 0. The fraction of sp³-hybridized carbons (Fsp3) is 0.429. The van der Waals surface area contributed by atoms with E-state index in [0.29, 0.717) is 17.1 Å². The summed E-state index contributed by atoms with van der Waals surface area (Å²) in [5.41, 5.74) is 7.84. The molecule has 20 heavy (non-hydrogen) atoms. The van der Waals surface area contributed by atoms with Gasteiger partial charge in [-0.05, 0) is 25.0 Å². The van der Waals surface area contributed by atoms with Crippen molar-refractivity contribution in [3.05, 3.63) is 46.0 Å². The van der Waals surface area contributed by atoms with E-state index in [0.717, 1.165) is 30.7 Å². The Balaban J connectivity index is 2.31. The van der Waals surface area contributed by atoms with Crippen LogP contribution < -0.4 is 5.73 Å². The van der Waals surface area contributed by atoms with Gasteiger partial charge in [-0.25, -0.2) is 9.07 Å². The van der Waals surface area contributed by atoms with Crippen LogP contribution in [0.5, 0.6) is 0 Å². The second-order valence-electron chi connectivity index (χ2n) is 4.65. The van der Waals surface area contributed by atoms with E-state index in [9.17, 15) is 4.39 Å². The molecule has 0 aliphatic rings. The van der Waals surface area contributed by atoms with Crippen LogP contribution in [0.2, 0.25) is 5.02 Å². The number of aromatic nitrogens is 3. The lowest BCUT2D eigenvalue weighted by Gasteiger charge is -2.09. The minimum atomic E-state index is -0.330. The molecule has 0 saturated carbocycles. The van der Waals surface area contributed by atoms with Crippen LogP contribution in [0.1, 0.15) is 36.7 Å². The first kappa shape index (κ1) is 14.9. The maximum absolute atomic E-state index is 13.8. The Labute approximate surface area is 122 Å². The van der Waals surface area contributed by atoms with E-state index in [1.807, 2.05) is 0 Å². The minimum Gasteiger partial charge on any atom is -0.325 e. The molecule has 0 radical (unpaired) electrons. The van der Waals surface area contributed by atoms with Crippen LogP contribution in [0.25, 0.3) is 0 Å². The monoisotopic (exact) mass is 296 g/mol. The number of rotatable bonds is 6. The highest BCUT2D eigenvalue weighted by molar-refractivity contribution is 6.31. The summed E-state index contributed by atoms with van der Waals surface area (Å²) in [6.45, 7) is 2.73. The Morgan fingerprint density at radius 3 is 2.85 bits per heavy atom. The molecule has 6 heteroatoms. The number of benzene rings is 1. The molecule has 2 aromatic rings. The van der Waals surface area contributed by atoms with Crippen molar-refractivity contribution in [1.29, 1.82) is 0 Å². The van der Waals surface area contributed by atoms with E-state index in [1.54, 1.807) is 16.8 Å². The fourth-order valence-corrected chi connectivity index (χ4v) is 2.33. The third kappa shape index (κ3) is 3.16. The Hall–Kier alpha value is -1.46. The van der Waals surface area contributed by atoms with Gasteiger partial charge in [0, 0.05) is 17.1 Å². The molecule has 1 aromatic carbocycles. The van der Waals surface area contributed by atoms with Crippen LogP contribution in [0.3, 0.4) is 0 Å². The summed E-state index contributed by atoms with van der Waals surface area (Å²) in [5, 5.41) is 8.54. The molecule has 108 valence electrons. The topological polar surface area (TPSA) is 56.7 Å². The molecule has 0 aliphatic carbocycles. The molecular formula is C14H18ClFN4. The summed E-state index contributed by atoms with van der Waals surface area (Å²) in [5.74, 6) is -0.330. The van der Waals surface area contributed by atoms with Crippen LogP contribution in [-0.4, -0.2) is 15.0 Å². The molecule has 2 rings (SSSR count). The number of nitrogens with two attached hydrogens (primary N) is 1. The van der Waals surface area contributed by atoms with Crippen LogP contribution in [-0.2, 0) is 19.5 Å². The molecule has 0 amide bonds. The van der Waals surface area contributed by atoms with Crippen molar-refractivity contribution in [2.75, 3.05) is 0 Å². The summed E-state index contributed by atoms with van der Waals surface area (Å²) in [6, 6.07) is 4.66. The van der Waals surface area contributed by atoms with Gasteiger partial charge >= 0.3 is 0 Å². The fourth-order valence-electron chi connectivity index (χ4n) is 2.11. The molecule has 4 nitrogen and oxygen atoms in total. The highest BCUT2D eigenvalue weighted by Crippen LogP contribution is 2.21. The zero-order chi connectivity index (χ0) is 14.5. The Kier molecular flexibility index (Phi) is 5.09. The van der Waals surface area contributed by atoms with Crippen molar-refractivity contribution < 1.29 is 4.39 Å². The van der Waals surface area contributed by atoms with Crippen molar-refractivity contribution in [1.82, 2.24) is 15.0 Å². The smallest absolute Gasteiger partial charge is 0.129 e. The van der Waals surface area contributed by atoms with Gasteiger partial charge in [0.05, 0.1) is 17.9 Å². The van der Waals surface area contributed by atoms with Gasteiger partial charge in [0.25, 0.3) is 0 Å². The average molecular weight is 297 g/mol. The van der Waals surface area contributed by atoms with E-state index in [2.05, 4.69) is 17.2 Å².